The summed E-state index contributed by atoms with van der Waals surface area (Å²) < 4.78 is 25.3. The summed E-state index contributed by atoms with van der Waals surface area (Å²) in [4.78, 5) is 14.8. The summed E-state index contributed by atoms with van der Waals surface area (Å²) in [6, 6.07) is 10.6. The third-order valence-corrected chi connectivity index (χ3v) is 5.47. The number of benzene rings is 2. The summed E-state index contributed by atoms with van der Waals surface area (Å²) in [7, 11) is 1.63. The van der Waals surface area contributed by atoms with Crippen molar-refractivity contribution in [1.29, 1.82) is 0 Å². The van der Waals surface area contributed by atoms with Crippen LogP contribution in [0.3, 0.4) is 0 Å². The van der Waals surface area contributed by atoms with Crippen molar-refractivity contribution in [3.05, 3.63) is 63.4 Å². The van der Waals surface area contributed by atoms with Gasteiger partial charge >= 0.3 is 0 Å². The average Bonchev–Trinajstić information content (AvgIpc) is 2.62. The quantitative estimate of drug-likeness (QED) is 0.703. The maximum Gasteiger partial charge on any atom is 0.252 e. The SMILES string of the molecule is COc1ccc(CN2C[C@H](C)OC(Cc3c(C)cc(F)cc3Br)C2=O)cc1. The second kappa shape index (κ2) is 8.40. The van der Waals surface area contributed by atoms with E-state index in [2.05, 4.69) is 15.9 Å². The molecule has 0 spiro atoms. The van der Waals surface area contributed by atoms with Crippen LogP contribution < -0.4 is 4.74 Å². The van der Waals surface area contributed by atoms with E-state index in [1.54, 1.807) is 7.11 Å². The van der Waals surface area contributed by atoms with E-state index in [4.69, 9.17) is 9.47 Å². The molecule has 3 rings (SSSR count). The smallest absolute Gasteiger partial charge is 0.252 e. The van der Waals surface area contributed by atoms with E-state index in [0.29, 0.717) is 24.0 Å². The van der Waals surface area contributed by atoms with Crippen molar-refractivity contribution in [2.75, 3.05) is 13.7 Å². The van der Waals surface area contributed by atoms with Crippen molar-refractivity contribution in [3.63, 3.8) is 0 Å². The highest BCUT2D eigenvalue weighted by atomic mass is 79.9. The highest BCUT2D eigenvalue weighted by molar-refractivity contribution is 9.10. The van der Waals surface area contributed by atoms with Crippen LogP contribution in [-0.4, -0.2) is 36.7 Å². The minimum atomic E-state index is -0.576. The number of rotatable bonds is 5. The Balaban J connectivity index is 1.76. The van der Waals surface area contributed by atoms with Gasteiger partial charge in [-0.2, -0.15) is 0 Å². The molecule has 144 valence electrons. The number of halogens is 2. The van der Waals surface area contributed by atoms with E-state index < -0.39 is 6.10 Å². The van der Waals surface area contributed by atoms with Crippen molar-refractivity contribution in [3.8, 4) is 5.75 Å². The molecule has 0 radical (unpaired) electrons. The van der Waals surface area contributed by atoms with Gasteiger partial charge in [0.25, 0.3) is 5.91 Å². The molecule has 6 heteroatoms. The Hall–Kier alpha value is -1.92. The summed E-state index contributed by atoms with van der Waals surface area (Å²) >= 11 is 3.41. The molecule has 0 N–H and O–H groups in total. The van der Waals surface area contributed by atoms with Gasteiger partial charge in [0.15, 0.2) is 0 Å². The number of amides is 1. The third kappa shape index (κ3) is 4.68. The van der Waals surface area contributed by atoms with Gasteiger partial charge in [-0.15, -0.1) is 0 Å². The Morgan fingerprint density at radius 1 is 1.30 bits per heavy atom. The van der Waals surface area contributed by atoms with Gasteiger partial charge in [0, 0.05) is 24.0 Å². The molecular formula is C21H23BrFNO3. The van der Waals surface area contributed by atoms with Crippen LogP contribution in [-0.2, 0) is 22.5 Å². The molecule has 1 unspecified atom stereocenters. The molecule has 0 aliphatic carbocycles. The van der Waals surface area contributed by atoms with Crippen molar-refractivity contribution < 1.29 is 18.7 Å². The van der Waals surface area contributed by atoms with Crippen molar-refractivity contribution in [2.45, 2.75) is 39.0 Å². The molecule has 2 aromatic rings. The fourth-order valence-electron chi connectivity index (χ4n) is 3.39. The highest BCUT2D eigenvalue weighted by Crippen LogP contribution is 2.27. The van der Waals surface area contributed by atoms with Crippen LogP contribution in [0.1, 0.15) is 23.6 Å². The van der Waals surface area contributed by atoms with E-state index in [-0.39, 0.29) is 17.8 Å². The first-order chi connectivity index (χ1) is 12.9. The zero-order valence-electron chi connectivity index (χ0n) is 15.7. The van der Waals surface area contributed by atoms with E-state index in [1.807, 2.05) is 43.0 Å². The van der Waals surface area contributed by atoms with E-state index in [0.717, 1.165) is 22.4 Å². The predicted octanol–water partition coefficient (Wildman–Crippen LogP) is 4.26. The Bertz CT molecular complexity index is 802. The molecule has 1 heterocycles. The van der Waals surface area contributed by atoms with Gasteiger partial charge in [-0.05, 0) is 54.8 Å². The average molecular weight is 436 g/mol. The molecule has 0 aromatic heterocycles. The van der Waals surface area contributed by atoms with Crippen LogP contribution >= 0.6 is 15.9 Å². The first-order valence-electron chi connectivity index (χ1n) is 8.89. The molecule has 27 heavy (non-hydrogen) atoms. The van der Waals surface area contributed by atoms with E-state index in [1.165, 1.54) is 12.1 Å². The zero-order chi connectivity index (χ0) is 19.6. The lowest BCUT2D eigenvalue weighted by molar-refractivity contribution is -0.161. The predicted molar refractivity (Wildman–Crippen MR) is 105 cm³/mol. The molecule has 1 aliphatic rings. The Morgan fingerprint density at radius 2 is 2.00 bits per heavy atom. The summed E-state index contributed by atoms with van der Waals surface area (Å²) in [6.45, 7) is 4.88. The largest absolute Gasteiger partial charge is 0.497 e. The number of methoxy groups -OCH3 is 1. The fraction of sp³-hybridized carbons (Fsp3) is 0.381. The minimum Gasteiger partial charge on any atom is -0.497 e. The number of hydrogen-bond donors (Lipinski definition) is 0. The number of carbonyl (C=O) groups excluding carboxylic acids is 1. The van der Waals surface area contributed by atoms with Crippen LogP contribution in [0.15, 0.2) is 40.9 Å². The first kappa shape index (κ1) is 19.8. The van der Waals surface area contributed by atoms with Crippen LogP contribution in [0.5, 0.6) is 5.75 Å². The Kier molecular flexibility index (Phi) is 6.17. The Labute approximate surface area is 167 Å². The number of aryl methyl sites for hydroxylation is 1. The summed E-state index contributed by atoms with van der Waals surface area (Å²) in [5, 5.41) is 0. The maximum absolute atomic E-state index is 13.5. The van der Waals surface area contributed by atoms with Crippen LogP contribution in [0.2, 0.25) is 0 Å². The van der Waals surface area contributed by atoms with Crippen LogP contribution in [0.25, 0.3) is 0 Å². The summed E-state index contributed by atoms with van der Waals surface area (Å²) in [6.07, 6.45) is -0.229. The Morgan fingerprint density at radius 3 is 2.63 bits per heavy atom. The van der Waals surface area contributed by atoms with Crippen molar-refractivity contribution >= 4 is 21.8 Å². The lowest BCUT2D eigenvalue weighted by atomic mass is 10.00. The molecular weight excluding hydrogens is 413 g/mol. The summed E-state index contributed by atoms with van der Waals surface area (Å²) in [5.74, 6) is 0.447. The molecule has 1 aliphatic heterocycles. The normalized spacial score (nSPS) is 20.0. The monoisotopic (exact) mass is 435 g/mol. The van der Waals surface area contributed by atoms with Crippen molar-refractivity contribution in [2.24, 2.45) is 0 Å². The number of ether oxygens (including phenoxy) is 2. The maximum atomic E-state index is 13.5. The van der Waals surface area contributed by atoms with Crippen LogP contribution in [0, 0.1) is 12.7 Å². The lowest BCUT2D eigenvalue weighted by Crippen LogP contribution is -2.51. The molecule has 1 amide bonds. The first-order valence-corrected chi connectivity index (χ1v) is 9.68. The standard InChI is InChI=1S/C21H23BrFNO3/c1-13-8-16(23)9-19(22)18(13)10-20-21(25)24(11-14(2)27-20)12-15-4-6-17(26-3)7-5-15/h4-9,14,20H,10-12H2,1-3H3/t14-,20?/m0/s1. The lowest BCUT2D eigenvalue weighted by Gasteiger charge is -2.36. The van der Waals surface area contributed by atoms with Gasteiger partial charge < -0.3 is 14.4 Å². The topological polar surface area (TPSA) is 38.8 Å². The second-order valence-electron chi connectivity index (χ2n) is 6.89. The molecule has 1 saturated heterocycles. The highest BCUT2D eigenvalue weighted by Gasteiger charge is 2.34. The van der Waals surface area contributed by atoms with Gasteiger partial charge in [0.1, 0.15) is 17.7 Å². The second-order valence-corrected chi connectivity index (χ2v) is 7.74. The molecule has 1 fully saturated rings. The summed E-state index contributed by atoms with van der Waals surface area (Å²) in [5.41, 5.74) is 2.74. The van der Waals surface area contributed by atoms with Gasteiger partial charge in [0.05, 0.1) is 13.2 Å². The number of nitrogens with zero attached hydrogens (tertiary/aromatic N) is 1. The fourth-order valence-corrected chi connectivity index (χ4v) is 4.08. The van der Waals surface area contributed by atoms with Crippen LogP contribution in [0.4, 0.5) is 4.39 Å². The molecule has 2 aromatic carbocycles. The molecule has 0 saturated carbocycles. The zero-order valence-corrected chi connectivity index (χ0v) is 17.3. The number of hydrogen-bond acceptors (Lipinski definition) is 3. The van der Waals surface area contributed by atoms with Crippen molar-refractivity contribution in [1.82, 2.24) is 4.90 Å². The van der Waals surface area contributed by atoms with E-state index >= 15 is 0 Å². The molecule has 2 atom stereocenters. The van der Waals surface area contributed by atoms with E-state index in [9.17, 15) is 9.18 Å². The van der Waals surface area contributed by atoms with Gasteiger partial charge in [-0.1, -0.05) is 28.1 Å². The number of carbonyl (C=O) groups is 1. The molecule has 0 bridgehead atoms. The van der Waals surface area contributed by atoms with Gasteiger partial charge in [0.2, 0.25) is 0 Å². The van der Waals surface area contributed by atoms with Gasteiger partial charge in [-0.25, -0.2) is 4.39 Å². The minimum absolute atomic E-state index is 0.0421. The molecule has 4 nitrogen and oxygen atoms in total. The third-order valence-electron chi connectivity index (χ3n) is 4.77. The van der Waals surface area contributed by atoms with Gasteiger partial charge in [-0.3, -0.25) is 4.79 Å². The number of morpholine rings is 1.